The van der Waals surface area contributed by atoms with Gasteiger partial charge in [-0.05, 0) is 99.1 Å². The van der Waals surface area contributed by atoms with Crippen LogP contribution >= 0.6 is 0 Å². The molecule has 1 atom stereocenters. The van der Waals surface area contributed by atoms with Crippen LogP contribution in [0.15, 0.2) is 204 Å². The Kier molecular flexibility index (Phi) is 8.57. The monoisotopic (exact) mass is 732 g/mol. The summed E-state index contributed by atoms with van der Waals surface area (Å²) < 4.78 is 7.37. The zero-order valence-corrected chi connectivity index (χ0v) is 31.7. The lowest BCUT2D eigenvalue weighted by Crippen LogP contribution is -2.35. The molecule has 3 nitrogen and oxygen atoms in total. The van der Waals surface area contributed by atoms with Gasteiger partial charge in [0.15, 0.2) is 5.60 Å². The highest BCUT2D eigenvalue weighted by atomic mass is 16.5. The lowest BCUT2D eigenvalue weighted by molar-refractivity contribution is 0.151. The van der Waals surface area contributed by atoms with Crippen LogP contribution in [0.2, 0.25) is 0 Å². The molecular weight excluding hydrogens is 693 g/mol. The van der Waals surface area contributed by atoms with E-state index in [1.807, 2.05) is 6.07 Å². The molecular formula is C54H40N2O. The van der Waals surface area contributed by atoms with E-state index in [0.717, 1.165) is 85.5 Å². The number of rotatable bonds is 7. The van der Waals surface area contributed by atoms with Crippen LogP contribution in [0.4, 0.5) is 0 Å². The Labute approximate surface area is 334 Å². The maximum atomic E-state index is 7.37. The molecule has 0 saturated heterocycles. The lowest BCUT2D eigenvalue weighted by atomic mass is 9.77. The van der Waals surface area contributed by atoms with Crippen molar-refractivity contribution in [3.8, 4) is 16.9 Å². The van der Waals surface area contributed by atoms with E-state index in [4.69, 9.17) is 16.3 Å². The summed E-state index contributed by atoms with van der Waals surface area (Å²) in [7, 11) is 0. The van der Waals surface area contributed by atoms with Gasteiger partial charge in [0.2, 0.25) is 0 Å². The standard InChI is InChI=1S/C54H40N2O/c1-36-42-22-10-13-29-53(42)57-54(48-27-11-8-24-44(48)45-25-9-12-28-49(45)54)50-31-30-40(33-47(36)50)39-20-14-21-41(32-39)51(55-2)34-52(56-35-37-16-4-3-5-17-37)46-26-15-19-38-18-6-7-23-43(38)46/h3-11,13-27,29-34H,1-2,12,28,35H2/b51-34-,56-52?. The van der Waals surface area contributed by atoms with Gasteiger partial charge < -0.3 is 4.74 Å². The van der Waals surface area contributed by atoms with Gasteiger partial charge in [0.25, 0.3) is 0 Å². The van der Waals surface area contributed by atoms with E-state index in [9.17, 15) is 0 Å². The van der Waals surface area contributed by atoms with E-state index in [-0.39, 0.29) is 0 Å². The van der Waals surface area contributed by atoms with Crippen LogP contribution in [0.25, 0.3) is 38.7 Å². The molecule has 0 bridgehead atoms. The molecule has 0 aromatic heterocycles. The van der Waals surface area contributed by atoms with E-state index in [1.54, 1.807) is 0 Å². The maximum Gasteiger partial charge on any atom is 0.182 e. The van der Waals surface area contributed by atoms with Gasteiger partial charge in [-0.1, -0.05) is 164 Å². The summed E-state index contributed by atoms with van der Waals surface area (Å²) in [4.78, 5) is 9.80. The second kappa shape index (κ2) is 14.2. The first-order chi connectivity index (χ1) is 28.1. The van der Waals surface area contributed by atoms with Crippen LogP contribution in [0.3, 0.4) is 0 Å². The first kappa shape index (κ1) is 34.4. The molecule has 272 valence electrons. The fourth-order valence-corrected chi connectivity index (χ4v) is 8.97. The van der Waals surface area contributed by atoms with Gasteiger partial charge in [-0.15, -0.1) is 0 Å². The number of ether oxygens (including phenoxy) is 1. The van der Waals surface area contributed by atoms with Gasteiger partial charge in [-0.3, -0.25) is 9.98 Å². The molecule has 0 saturated carbocycles. The molecule has 7 aromatic carbocycles. The lowest BCUT2D eigenvalue weighted by Gasteiger charge is -2.36. The van der Waals surface area contributed by atoms with Crippen LogP contribution in [-0.2, 0) is 12.1 Å². The predicted octanol–water partition coefficient (Wildman–Crippen LogP) is 13.1. The quantitative estimate of drug-likeness (QED) is 0.150. The Morgan fingerprint density at radius 1 is 0.684 bits per heavy atom. The number of hydrogen-bond acceptors (Lipinski definition) is 3. The van der Waals surface area contributed by atoms with Crippen molar-refractivity contribution in [3.05, 3.63) is 239 Å². The molecule has 1 aliphatic heterocycles. The van der Waals surface area contributed by atoms with Gasteiger partial charge in [0.05, 0.1) is 18.0 Å². The molecule has 1 spiro atoms. The molecule has 3 aliphatic rings. The second-order valence-electron chi connectivity index (χ2n) is 14.9. The molecule has 57 heavy (non-hydrogen) atoms. The summed E-state index contributed by atoms with van der Waals surface area (Å²) in [5, 5.41) is 2.31. The van der Waals surface area contributed by atoms with E-state index >= 15 is 0 Å². The second-order valence-corrected chi connectivity index (χ2v) is 14.9. The van der Waals surface area contributed by atoms with Crippen molar-refractivity contribution in [1.82, 2.24) is 0 Å². The van der Waals surface area contributed by atoms with Crippen molar-refractivity contribution in [2.24, 2.45) is 9.98 Å². The van der Waals surface area contributed by atoms with E-state index < -0.39 is 5.60 Å². The van der Waals surface area contributed by atoms with Crippen LogP contribution in [-0.4, -0.2) is 12.4 Å². The number of allylic oxidation sites excluding steroid dienone is 4. The number of benzene rings is 7. The highest BCUT2D eigenvalue weighted by Crippen LogP contribution is 2.58. The number of nitrogens with zero attached hydrogens (tertiary/aromatic N) is 2. The molecule has 0 amide bonds. The zero-order valence-electron chi connectivity index (χ0n) is 31.7. The number of hydrogen-bond donors (Lipinski definition) is 0. The van der Waals surface area contributed by atoms with Crippen molar-refractivity contribution in [2.75, 3.05) is 0 Å². The van der Waals surface area contributed by atoms with Crippen LogP contribution < -0.4 is 4.74 Å². The SMILES string of the molecule is C=N/C(=C\C(=NCc1ccccc1)c1cccc2ccccc12)c1cccc(-c2ccc3c(c2)C(=C)c2ccccc2OC32C3=C(C=CCC3)c3ccccc32)c1. The highest BCUT2D eigenvalue weighted by molar-refractivity contribution is 6.18. The third-order valence-electron chi connectivity index (χ3n) is 11.7. The fourth-order valence-electron chi connectivity index (χ4n) is 8.97. The largest absolute Gasteiger partial charge is 0.473 e. The maximum absolute atomic E-state index is 7.37. The number of aliphatic imine (C=N–C) groups is 2. The molecule has 1 unspecified atom stereocenters. The van der Waals surface area contributed by atoms with Gasteiger partial charge in [0.1, 0.15) is 5.75 Å². The summed E-state index contributed by atoms with van der Waals surface area (Å²) in [6.45, 7) is 9.33. The summed E-state index contributed by atoms with van der Waals surface area (Å²) in [5.74, 6) is 0.850. The van der Waals surface area contributed by atoms with Gasteiger partial charge in [-0.25, -0.2) is 0 Å². The Balaban J connectivity index is 1.10. The average Bonchev–Trinajstić information content (AvgIpc) is 3.50. The first-order valence-electron chi connectivity index (χ1n) is 19.6. The fraction of sp³-hybridized carbons (Fsp3) is 0.0741. The first-order valence-corrected chi connectivity index (χ1v) is 19.6. The van der Waals surface area contributed by atoms with Gasteiger partial charge >= 0.3 is 0 Å². The van der Waals surface area contributed by atoms with Crippen LogP contribution in [0.1, 0.15) is 57.3 Å². The summed E-state index contributed by atoms with van der Waals surface area (Å²) in [6, 6.07) is 57.7. The average molecular weight is 733 g/mol. The Bertz CT molecular complexity index is 2880. The van der Waals surface area contributed by atoms with Crippen LogP contribution in [0.5, 0.6) is 5.75 Å². The Morgan fingerprint density at radius 2 is 1.42 bits per heavy atom. The van der Waals surface area contributed by atoms with E-state index in [1.165, 1.54) is 27.7 Å². The zero-order chi connectivity index (χ0) is 38.3. The molecule has 0 radical (unpaired) electrons. The minimum Gasteiger partial charge on any atom is -0.473 e. The summed E-state index contributed by atoms with van der Waals surface area (Å²) in [6.07, 6.45) is 8.56. The molecule has 3 heteroatoms. The molecule has 2 aliphatic carbocycles. The third kappa shape index (κ3) is 5.82. The molecule has 7 aromatic rings. The number of para-hydroxylation sites is 1. The predicted molar refractivity (Wildman–Crippen MR) is 238 cm³/mol. The van der Waals surface area contributed by atoms with E-state index in [0.29, 0.717) is 6.54 Å². The smallest absolute Gasteiger partial charge is 0.182 e. The molecule has 0 N–H and O–H groups in total. The molecule has 1 heterocycles. The minimum absolute atomic E-state index is 0.548. The van der Waals surface area contributed by atoms with E-state index in [2.05, 4.69) is 188 Å². The van der Waals surface area contributed by atoms with Gasteiger partial charge in [0, 0.05) is 27.8 Å². The Hall–Kier alpha value is -7.10. The van der Waals surface area contributed by atoms with Crippen molar-refractivity contribution < 1.29 is 4.74 Å². The normalized spacial score (nSPS) is 17.1. The number of fused-ring (bicyclic) bond motifs is 8. The highest BCUT2D eigenvalue weighted by Gasteiger charge is 2.51. The van der Waals surface area contributed by atoms with Crippen molar-refractivity contribution in [3.63, 3.8) is 0 Å². The summed E-state index contributed by atoms with van der Waals surface area (Å²) >= 11 is 0. The van der Waals surface area contributed by atoms with Crippen molar-refractivity contribution >= 4 is 40.0 Å². The molecule has 0 fully saturated rings. The van der Waals surface area contributed by atoms with Gasteiger partial charge in [-0.2, -0.15) is 0 Å². The summed E-state index contributed by atoms with van der Waals surface area (Å²) in [5.41, 5.74) is 15.4. The van der Waals surface area contributed by atoms with Crippen LogP contribution in [0, 0.1) is 0 Å². The third-order valence-corrected chi connectivity index (χ3v) is 11.7. The van der Waals surface area contributed by atoms with Crippen molar-refractivity contribution in [2.45, 2.75) is 25.0 Å². The minimum atomic E-state index is -0.762. The Morgan fingerprint density at radius 3 is 2.32 bits per heavy atom. The molecule has 10 rings (SSSR count). The van der Waals surface area contributed by atoms with Crippen molar-refractivity contribution in [1.29, 1.82) is 0 Å². The topological polar surface area (TPSA) is 34.0 Å².